The number of fused-ring (bicyclic) bond motifs is 18. The Bertz CT molecular complexity index is 4850. The van der Waals surface area contributed by atoms with E-state index >= 15 is 0 Å². The largest absolute Gasteiger partial charge is 0.481 e. The fraction of sp³-hybridized carbons (Fsp3) is 0.444. The summed E-state index contributed by atoms with van der Waals surface area (Å²) in [6, 6.07) is 0.0332. The number of allylic oxidation sites excluding steroid dienone is 3. The summed E-state index contributed by atoms with van der Waals surface area (Å²) in [7, 11) is 8.90. The van der Waals surface area contributed by atoms with Gasteiger partial charge in [0.1, 0.15) is 5.69 Å². The van der Waals surface area contributed by atoms with E-state index in [1.165, 1.54) is 35.2 Å². The monoisotopic (exact) mass is 1320 g/mol. The van der Waals surface area contributed by atoms with E-state index in [9.17, 15) is 14.4 Å². The van der Waals surface area contributed by atoms with E-state index in [0.717, 1.165) is 140 Å². The summed E-state index contributed by atoms with van der Waals surface area (Å²) in [6.45, 7) is 26.0. The molecule has 1 fully saturated rings. The zero-order valence-corrected chi connectivity index (χ0v) is 58.0. The first-order chi connectivity index (χ1) is 47.2. The minimum atomic E-state index is 0.0320. The Labute approximate surface area is 569 Å². The second kappa shape index (κ2) is 26.1. The van der Waals surface area contributed by atoms with Crippen LogP contribution in [0.25, 0.3) is 55.3 Å². The lowest BCUT2D eigenvalue weighted by Crippen LogP contribution is -2.36. The van der Waals surface area contributed by atoms with Crippen molar-refractivity contribution in [2.45, 2.75) is 170 Å². The number of carbonyl (C=O) groups is 3. The van der Waals surface area contributed by atoms with Crippen LogP contribution in [0.3, 0.4) is 0 Å². The van der Waals surface area contributed by atoms with Crippen LogP contribution in [-0.2, 0) is 94.1 Å². The highest BCUT2D eigenvalue weighted by atomic mass is 16.5. The third kappa shape index (κ3) is 12.1. The minimum Gasteiger partial charge on any atom is -0.481 e. The van der Waals surface area contributed by atoms with E-state index in [2.05, 4.69) is 52.5 Å². The van der Waals surface area contributed by atoms with E-state index in [-0.39, 0.29) is 23.8 Å². The Balaban J connectivity index is 0.000000126. The van der Waals surface area contributed by atoms with E-state index in [1.807, 2.05) is 91.1 Å². The molecule has 12 bridgehead atoms. The number of rotatable bonds is 4. The van der Waals surface area contributed by atoms with Crippen molar-refractivity contribution in [3.05, 3.63) is 157 Å². The van der Waals surface area contributed by atoms with Gasteiger partial charge in [0.15, 0.2) is 0 Å². The molecule has 0 spiro atoms. The van der Waals surface area contributed by atoms with Gasteiger partial charge in [-0.25, -0.2) is 24.3 Å². The highest BCUT2D eigenvalue weighted by molar-refractivity contribution is 5.89. The maximum Gasteiger partial charge on any atom is 0.261 e. The Morgan fingerprint density at radius 1 is 0.582 bits per heavy atom. The number of aromatic nitrogens is 18. The fourth-order valence-electron chi connectivity index (χ4n) is 14.5. The summed E-state index contributed by atoms with van der Waals surface area (Å²) in [5.41, 5.74) is 24.4. The van der Waals surface area contributed by atoms with Gasteiger partial charge < -0.3 is 24.3 Å². The maximum absolute atomic E-state index is 13.2. The van der Waals surface area contributed by atoms with Gasteiger partial charge in [-0.05, 0) is 80.6 Å². The fourth-order valence-corrected chi connectivity index (χ4v) is 14.5. The Hall–Kier alpha value is -10.6. The van der Waals surface area contributed by atoms with E-state index < -0.39 is 0 Å². The molecule has 0 atom stereocenters. The van der Waals surface area contributed by atoms with Crippen molar-refractivity contribution in [2.24, 2.45) is 21.1 Å². The lowest BCUT2D eigenvalue weighted by Gasteiger charge is -2.26. The van der Waals surface area contributed by atoms with Crippen molar-refractivity contribution in [1.82, 2.24) is 103 Å². The zero-order chi connectivity index (χ0) is 68.5. The quantitative estimate of drug-likeness (QED) is 0.149. The van der Waals surface area contributed by atoms with Crippen molar-refractivity contribution < 1.29 is 19.1 Å². The van der Waals surface area contributed by atoms with Crippen LogP contribution >= 0.6 is 0 Å². The molecule has 26 nitrogen and oxygen atoms in total. The summed E-state index contributed by atoms with van der Waals surface area (Å²) in [5, 5.41) is 28.3. The van der Waals surface area contributed by atoms with Crippen molar-refractivity contribution >= 4 is 40.3 Å². The second-order valence-corrected chi connectivity index (χ2v) is 27.0. The van der Waals surface area contributed by atoms with E-state index in [4.69, 9.17) is 56.5 Å². The molecule has 16 rings (SSSR count). The minimum absolute atomic E-state index is 0.0320. The number of nitrogens with zero attached hydrogens (tertiary/aromatic N) is 22. The maximum atomic E-state index is 13.2. The molecule has 9 aromatic heterocycles. The van der Waals surface area contributed by atoms with Crippen LogP contribution in [0.5, 0.6) is 5.88 Å². The topological polar surface area (TPSA) is 259 Å². The second-order valence-electron chi connectivity index (χ2n) is 27.0. The Morgan fingerprint density at radius 3 is 1.73 bits per heavy atom. The molecule has 12 heterocycles. The van der Waals surface area contributed by atoms with Crippen LogP contribution < -0.4 is 4.74 Å². The SMILES string of the molecule is CCN1Cc2nn(C)cc2-c2cnc3c(n2)C(=CC3)c2cn(nc2C2CC2)CCCC1=O.COc1c2c(nn1C)CN(C(C)C)C(=O)CCCn1cc(c(C)n1)C1=C(C)Cc3ncc-2nc31.[C-]#[N+]c1c2c(nn1C)CN(C)C(=O)CCCn1cc(c(C)n1)C1=C(C)Cc3ncc-2nc31. The molecule has 4 aliphatic carbocycles. The number of methoxy groups -OCH3 is 1. The highest BCUT2D eigenvalue weighted by Crippen LogP contribution is 2.46. The van der Waals surface area contributed by atoms with Gasteiger partial charge in [-0.1, -0.05) is 23.8 Å². The smallest absolute Gasteiger partial charge is 0.261 e. The molecule has 0 aromatic carbocycles. The van der Waals surface area contributed by atoms with E-state index in [1.54, 1.807) is 52.5 Å². The summed E-state index contributed by atoms with van der Waals surface area (Å²) in [6.07, 6.45) is 24.1. The van der Waals surface area contributed by atoms with Crippen LogP contribution in [-0.4, -0.2) is 148 Å². The van der Waals surface area contributed by atoms with Crippen LogP contribution in [0.2, 0.25) is 0 Å². The lowest BCUT2D eigenvalue weighted by atomic mass is 10.0. The third-order valence-corrected chi connectivity index (χ3v) is 19.6. The molecule has 0 saturated heterocycles. The summed E-state index contributed by atoms with van der Waals surface area (Å²) in [5.74, 6) is 1.82. The Morgan fingerprint density at radius 2 is 1.13 bits per heavy atom. The molecule has 3 aliphatic heterocycles. The van der Waals surface area contributed by atoms with Crippen LogP contribution in [0.15, 0.2) is 60.6 Å². The summed E-state index contributed by atoms with van der Waals surface area (Å²) < 4.78 is 16.7. The molecule has 0 radical (unpaired) electrons. The van der Waals surface area contributed by atoms with Gasteiger partial charge in [0.05, 0.1) is 143 Å². The molecular weight excluding hydrogens is 1240 g/mol. The van der Waals surface area contributed by atoms with Gasteiger partial charge in [-0.2, -0.15) is 25.5 Å². The van der Waals surface area contributed by atoms with Crippen LogP contribution in [0.1, 0.15) is 177 Å². The van der Waals surface area contributed by atoms with Gasteiger partial charge >= 0.3 is 0 Å². The molecule has 0 N–H and O–H groups in total. The number of ether oxygens (including phenoxy) is 1. The summed E-state index contributed by atoms with van der Waals surface area (Å²) in [4.78, 5) is 77.5. The molecule has 9 aromatic rings. The average molecular weight is 1320 g/mol. The summed E-state index contributed by atoms with van der Waals surface area (Å²) >= 11 is 0. The number of amides is 3. The molecule has 26 heteroatoms. The molecule has 3 amide bonds. The first kappa shape index (κ1) is 64.7. The molecule has 504 valence electrons. The van der Waals surface area contributed by atoms with Crippen molar-refractivity contribution in [3.8, 4) is 39.7 Å². The van der Waals surface area contributed by atoms with Gasteiger partial charge in [0, 0.05) is 162 Å². The van der Waals surface area contributed by atoms with Gasteiger partial charge in [-0.3, -0.25) is 48.1 Å². The number of aryl methyl sites for hydroxylation is 8. The van der Waals surface area contributed by atoms with E-state index in [0.29, 0.717) is 105 Å². The predicted molar refractivity (Wildman–Crippen MR) is 366 cm³/mol. The highest BCUT2D eigenvalue weighted by Gasteiger charge is 2.36. The molecule has 0 unspecified atom stereocenters. The third-order valence-electron chi connectivity index (χ3n) is 19.6. The normalized spacial score (nSPS) is 16.8. The molecule has 7 aliphatic rings. The number of carbonyl (C=O) groups excluding carboxylic acids is 3. The average Bonchev–Trinajstić information content (AvgIpc) is 1.66. The molecule has 1 saturated carbocycles. The lowest BCUT2D eigenvalue weighted by molar-refractivity contribution is -0.134. The van der Waals surface area contributed by atoms with Gasteiger partial charge in [-0.15, -0.1) is 5.10 Å². The zero-order valence-electron chi connectivity index (χ0n) is 58.0. The number of hydrogen-bond acceptors (Lipinski definition) is 16. The van der Waals surface area contributed by atoms with Gasteiger partial charge in [0.2, 0.25) is 23.6 Å². The van der Waals surface area contributed by atoms with Crippen LogP contribution in [0.4, 0.5) is 5.82 Å². The van der Waals surface area contributed by atoms with Crippen molar-refractivity contribution in [2.75, 3.05) is 20.7 Å². The molecule has 98 heavy (non-hydrogen) atoms. The number of hydrogen-bond donors (Lipinski definition) is 0. The van der Waals surface area contributed by atoms with Crippen molar-refractivity contribution in [1.29, 1.82) is 0 Å². The Kier molecular flexibility index (Phi) is 17.2. The molecular formula is C72H82N22O4. The first-order valence-corrected chi connectivity index (χ1v) is 34.0. The first-order valence-electron chi connectivity index (χ1n) is 34.0. The van der Waals surface area contributed by atoms with Crippen molar-refractivity contribution in [3.63, 3.8) is 0 Å². The standard InChI is InChI=1S/C25H31N7O2.C24H27N7O.C23H24N8O/c1-14(2)32-13-20-23(25(34-6)30(5)29-20)19-11-26-18-10-15(3)22(24(18)27-19)17-12-31(28-16(17)4)9-7-8-21(32)33;1-3-30-14-21-18(12-29(2)27-21)20-11-25-19-9-8-16(24(19)26-20)17-13-31(10-4-5-22(30)32)28-23(17)15-6-7-15;1-13-9-16-22-20(13)15-11-31(27-14(15)2)8-6-7-19(32)29(4)12-18-21(17(26-22)10-25-16)23(24-3)30(5)28-18/h11-12,14H,7-10,13H2,1-6H3;8,11-13,15H,3-7,9-10,14H2,1-2H3;10-11H,6-9,12H2,1-2,4-5H3. The predicted octanol–water partition coefficient (Wildman–Crippen LogP) is 9.44. The van der Waals surface area contributed by atoms with Gasteiger partial charge in [0.25, 0.3) is 5.82 Å². The van der Waals surface area contributed by atoms with Crippen LogP contribution in [0, 0.1) is 20.4 Å².